The Labute approximate surface area is 162 Å². The lowest BCUT2D eigenvalue weighted by molar-refractivity contribution is 0.0828. The molecule has 1 aliphatic carbocycles. The van der Waals surface area contributed by atoms with Crippen molar-refractivity contribution in [1.29, 1.82) is 0 Å². The van der Waals surface area contributed by atoms with Gasteiger partial charge in [0, 0.05) is 37.8 Å². The summed E-state index contributed by atoms with van der Waals surface area (Å²) in [5.74, 6) is 1.83. The van der Waals surface area contributed by atoms with Crippen LogP contribution in [0.2, 0.25) is 0 Å². The number of rotatable bonds is 4. The molecule has 2 fully saturated rings. The summed E-state index contributed by atoms with van der Waals surface area (Å²) in [6, 6.07) is 13.6. The van der Waals surface area contributed by atoms with E-state index in [0.717, 1.165) is 37.8 Å². The number of ether oxygens (including phenoxy) is 1. The van der Waals surface area contributed by atoms with Crippen LogP contribution < -0.4 is 10.1 Å². The number of fused-ring (bicyclic) bond motifs is 1. The molecule has 1 saturated carbocycles. The third-order valence-corrected chi connectivity index (χ3v) is 5.59. The monoisotopic (exact) mass is 382 g/mol. The minimum atomic E-state index is 0. The Kier molecular flexibility index (Phi) is 7.38. The zero-order valence-corrected chi connectivity index (χ0v) is 16.4. The lowest BCUT2D eigenvalue weighted by Crippen LogP contribution is -2.48. The molecule has 1 aliphatic heterocycles. The second-order valence-electron chi connectivity index (χ2n) is 6.82. The molecule has 0 bridgehead atoms. The molecule has 25 heavy (non-hydrogen) atoms. The van der Waals surface area contributed by atoms with Crippen LogP contribution in [0.5, 0.6) is 5.75 Å². The summed E-state index contributed by atoms with van der Waals surface area (Å²) in [6.07, 6.45) is 4.07. The van der Waals surface area contributed by atoms with E-state index in [1.54, 1.807) is 0 Å². The van der Waals surface area contributed by atoms with Crippen LogP contribution in [0.3, 0.4) is 0 Å². The molecule has 3 nitrogen and oxygen atoms in total. The fourth-order valence-electron chi connectivity index (χ4n) is 4.19. The Bertz CT molecular complexity index is 684. The first kappa shape index (κ1) is 20.3. The highest BCUT2D eigenvalue weighted by atomic mass is 35.5. The molecule has 1 heterocycles. The summed E-state index contributed by atoms with van der Waals surface area (Å²) in [5.41, 5.74) is 1.41. The summed E-state index contributed by atoms with van der Waals surface area (Å²) in [4.78, 5) is 2.69. The van der Waals surface area contributed by atoms with Gasteiger partial charge in [0.05, 0.1) is 7.11 Å². The molecule has 138 valence electrons. The van der Waals surface area contributed by atoms with Gasteiger partial charge in [0.2, 0.25) is 0 Å². The average molecular weight is 383 g/mol. The van der Waals surface area contributed by atoms with Crippen LogP contribution in [0.15, 0.2) is 36.4 Å². The minimum absolute atomic E-state index is 0. The van der Waals surface area contributed by atoms with Crippen molar-refractivity contribution in [2.75, 3.05) is 33.3 Å². The number of hydrogen-bond acceptors (Lipinski definition) is 3. The van der Waals surface area contributed by atoms with Crippen LogP contribution in [0.4, 0.5) is 0 Å². The van der Waals surface area contributed by atoms with Crippen molar-refractivity contribution in [2.45, 2.75) is 25.3 Å². The average Bonchev–Trinajstić information content (AvgIpc) is 2.58. The van der Waals surface area contributed by atoms with Gasteiger partial charge in [-0.3, -0.25) is 4.90 Å². The van der Waals surface area contributed by atoms with Crippen LogP contribution >= 0.6 is 24.8 Å². The van der Waals surface area contributed by atoms with E-state index in [-0.39, 0.29) is 24.8 Å². The second kappa shape index (κ2) is 9.09. The largest absolute Gasteiger partial charge is 0.496 e. The first-order chi connectivity index (χ1) is 11.4. The molecule has 4 rings (SSSR count). The zero-order valence-electron chi connectivity index (χ0n) is 14.7. The quantitative estimate of drug-likeness (QED) is 0.845. The summed E-state index contributed by atoms with van der Waals surface area (Å²) in [7, 11) is 1.81. The van der Waals surface area contributed by atoms with Gasteiger partial charge in [0.15, 0.2) is 0 Å². The van der Waals surface area contributed by atoms with Crippen LogP contribution in [0.25, 0.3) is 10.8 Å². The Morgan fingerprint density at radius 2 is 1.76 bits per heavy atom. The highest BCUT2D eigenvalue weighted by Gasteiger charge is 2.36. The molecule has 1 atom stereocenters. The fourth-order valence-corrected chi connectivity index (χ4v) is 4.19. The van der Waals surface area contributed by atoms with Gasteiger partial charge in [0.25, 0.3) is 0 Å². The van der Waals surface area contributed by atoms with E-state index in [4.69, 9.17) is 4.74 Å². The van der Waals surface area contributed by atoms with E-state index in [1.807, 2.05) is 7.11 Å². The maximum atomic E-state index is 5.80. The molecular formula is C20H28Cl2N2O. The second-order valence-corrected chi connectivity index (χ2v) is 6.82. The number of piperazine rings is 1. The number of hydrogen-bond donors (Lipinski definition) is 1. The van der Waals surface area contributed by atoms with Gasteiger partial charge in [-0.1, -0.05) is 36.8 Å². The number of methoxy groups -OCH3 is 1. The van der Waals surface area contributed by atoms with Crippen molar-refractivity contribution in [3.8, 4) is 5.75 Å². The molecular weight excluding hydrogens is 355 g/mol. The van der Waals surface area contributed by atoms with Crippen molar-refractivity contribution < 1.29 is 4.74 Å². The molecule has 0 unspecified atom stereocenters. The number of nitrogens with one attached hydrogen (secondary N) is 1. The molecule has 1 saturated heterocycles. The smallest absolute Gasteiger partial charge is 0.124 e. The lowest BCUT2D eigenvalue weighted by atomic mass is 9.75. The van der Waals surface area contributed by atoms with Gasteiger partial charge in [0.1, 0.15) is 5.75 Å². The first-order valence-corrected chi connectivity index (χ1v) is 8.89. The van der Waals surface area contributed by atoms with Crippen molar-refractivity contribution in [1.82, 2.24) is 10.2 Å². The molecule has 0 aromatic heterocycles. The Hall–Kier alpha value is -1.00. The van der Waals surface area contributed by atoms with Gasteiger partial charge in [-0.05, 0) is 35.6 Å². The van der Waals surface area contributed by atoms with E-state index >= 15 is 0 Å². The predicted octanol–water partition coefficient (Wildman–Crippen LogP) is 4.44. The highest BCUT2D eigenvalue weighted by molar-refractivity contribution is 5.88. The van der Waals surface area contributed by atoms with Crippen LogP contribution in [0, 0.1) is 5.92 Å². The number of benzene rings is 2. The topological polar surface area (TPSA) is 24.5 Å². The lowest BCUT2D eigenvalue weighted by Gasteiger charge is -2.44. The Morgan fingerprint density at radius 1 is 1.04 bits per heavy atom. The van der Waals surface area contributed by atoms with E-state index in [9.17, 15) is 0 Å². The van der Waals surface area contributed by atoms with E-state index < -0.39 is 0 Å². The van der Waals surface area contributed by atoms with Gasteiger partial charge in [-0.2, -0.15) is 0 Å². The standard InChI is InChI=1S/C20H26N2O.2ClH/c1-23-18-10-9-15-5-2-3-8-17(15)19(18)20(16-6-4-7-16)22-13-11-21-12-14-22;;/h2-3,5,8-10,16,20-21H,4,6-7,11-14H2,1H3;2*1H/t20-;;/m0../s1. The normalized spacial score (nSPS) is 19.4. The van der Waals surface area contributed by atoms with Crippen molar-refractivity contribution in [2.24, 2.45) is 5.92 Å². The van der Waals surface area contributed by atoms with Crippen LogP contribution in [-0.2, 0) is 0 Å². The molecule has 0 spiro atoms. The molecule has 0 radical (unpaired) electrons. The fraction of sp³-hybridized carbons (Fsp3) is 0.500. The summed E-state index contributed by atoms with van der Waals surface area (Å²) < 4.78 is 5.80. The Balaban J connectivity index is 0.00000113. The van der Waals surface area contributed by atoms with E-state index in [2.05, 4.69) is 46.6 Å². The maximum absolute atomic E-state index is 5.80. The minimum Gasteiger partial charge on any atom is -0.496 e. The van der Waals surface area contributed by atoms with Gasteiger partial charge in [-0.15, -0.1) is 24.8 Å². The summed E-state index contributed by atoms with van der Waals surface area (Å²) in [5, 5.41) is 6.17. The van der Waals surface area contributed by atoms with Gasteiger partial charge in [-0.25, -0.2) is 0 Å². The molecule has 2 aromatic rings. The third-order valence-electron chi connectivity index (χ3n) is 5.59. The third kappa shape index (κ3) is 3.90. The molecule has 5 heteroatoms. The predicted molar refractivity (Wildman–Crippen MR) is 110 cm³/mol. The highest BCUT2D eigenvalue weighted by Crippen LogP contribution is 2.46. The first-order valence-electron chi connectivity index (χ1n) is 8.89. The summed E-state index contributed by atoms with van der Waals surface area (Å²) in [6.45, 7) is 4.45. The molecule has 1 N–H and O–H groups in total. The number of halogens is 2. The van der Waals surface area contributed by atoms with E-state index in [1.165, 1.54) is 35.6 Å². The van der Waals surface area contributed by atoms with Crippen molar-refractivity contribution in [3.63, 3.8) is 0 Å². The van der Waals surface area contributed by atoms with Crippen molar-refractivity contribution >= 4 is 35.6 Å². The van der Waals surface area contributed by atoms with Crippen LogP contribution in [0.1, 0.15) is 30.9 Å². The van der Waals surface area contributed by atoms with Gasteiger partial charge >= 0.3 is 0 Å². The van der Waals surface area contributed by atoms with Gasteiger partial charge < -0.3 is 10.1 Å². The van der Waals surface area contributed by atoms with Crippen molar-refractivity contribution in [3.05, 3.63) is 42.0 Å². The zero-order chi connectivity index (χ0) is 15.6. The SMILES string of the molecule is COc1ccc2ccccc2c1[C@H](C1CCC1)N1CCNCC1.Cl.Cl. The Morgan fingerprint density at radius 3 is 2.40 bits per heavy atom. The molecule has 0 amide bonds. The number of nitrogens with zero attached hydrogens (tertiary/aromatic N) is 1. The molecule has 2 aliphatic rings. The van der Waals surface area contributed by atoms with Crippen LogP contribution in [-0.4, -0.2) is 38.2 Å². The summed E-state index contributed by atoms with van der Waals surface area (Å²) >= 11 is 0. The molecule has 2 aromatic carbocycles. The van der Waals surface area contributed by atoms with E-state index in [0.29, 0.717) is 6.04 Å². The maximum Gasteiger partial charge on any atom is 0.124 e.